The van der Waals surface area contributed by atoms with Crippen LogP contribution in [-0.4, -0.2) is 37.9 Å². The van der Waals surface area contributed by atoms with Gasteiger partial charge in [0.15, 0.2) is 5.17 Å². The number of nitrogens with zero attached hydrogens (tertiary/aromatic N) is 2. The number of benzene rings is 3. The highest BCUT2D eigenvalue weighted by Crippen LogP contribution is 2.31. The van der Waals surface area contributed by atoms with Crippen molar-refractivity contribution in [3.8, 4) is 11.5 Å². The molecule has 1 aromatic heterocycles. The molecule has 0 unspecified atom stereocenters. The van der Waals surface area contributed by atoms with Crippen LogP contribution in [0.15, 0.2) is 89.7 Å². The Hall–Kier alpha value is -4.50. The summed E-state index contributed by atoms with van der Waals surface area (Å²) in [6, 6.07) is 20.7. The summed E-state index contributed by atoms with van der Waals surface area (Å²) in [5.41, 5.74) is 2.64. The fourth-order valence-electron chi connectivity index (χ4n) is 3.65. The van der Waals surface area contributed by atoms with Gasteiger partial charge in [0.2, 0.25) is 5.91 Å². The number of hydrogen-bond acceptors (Lipinski definition) is 6. The van der Waals surface area contributed by atoms with E-state index in [9.17, 15) is 19.8 Å². The van der Waals surface area contributed by atoms with E-state index in [1.54, 1.807) is 12.1 Å². The van der Waals surface area contributed by atoms with Crippen LogP contribution < -0.4 is 10.2 Å². The predicted octanol–water partition coefficient (Wildman–Crippen LogP) is 4.69. The summed E-state index contributed by atoms with van der Waals surface area (Å²) >= 11 is 1.14. The van der Waals surface area contributed by atoms with Crippen molar-refractivity contribution in [3.63, 3.8) is 0 Å². The molecular weight excluding hydrogens is 464 g/mol. The maximum absolute atomic E-state index is 13.2. The number of aromatic nitrogens is 1. The maximum Gasteiger partial charge on any atom is 0.283 e. The summed E-state index contributed by atoms with van der Waals surface area (Å²) in [6.07, 6.45) is 3.29. The largest absolute Gasteiger partial charge is 0.508 e. The number of aromatic amines is 1. The number of H-pyrrole nitrogens is 1. The molecular formula is C26H20N4O4S. The van der Waals surface area contributed by atoms with Gasteiger partial charge in [-0.3, -0.25) is 14.5 Å². The molecule has 5 rings (SSSR count). The van der Waals surface area contributed by atoms with Crippen LogP contribution in [0.5, 0.6) is 11.5 Å². The SMILES string of the molecule is O=C(CSC1=N/C(=C\c2ccc(O)cc2O)C(=O)N1c1ccccc1)Nc1ccc2cc[nH]c2c1. The normalized spacial score (nSPS) is 14.5. The highest BCUT2D eigenvalue weighted by molar-refractivity contribution is 8.14. The number of fused-ring (bicyclic) bond motifs is 1. The van der Waals surface area contributed by atoms with Crippen LogP contribution in [0.25, 0.3) is 17.0 Å². The minimum absolute atomic E-state index is 0.0376. The lowest BCUT2D eigenvalue weighted by Crippen LogP contribution is -2.31. The van der Waals surface area contributed by atoms with Gasteiger partial charge in [0.25, 0.3) is 5.91 Å². The molecule has 9 heteroatoms. The van der Waals surface area contributed by atoms with Gasteiger partial charge in [-0.25, -0.2) is 4.99 Å². The van der Waals surface area contributed by atoms with Gasteiger partial charge in [-0.15, -0.1) is 0 Å². The molecule has 0 radical (unpaired) electrons. The zero-order valence-electron chi connectivity index (χ0n) is 18.3. The van der Waals surface area contributed by atoms with Crippen LogP contribution in [0.3, 0.4) is 0 Å². The molecule has 0 bridgehead atoms. The van der Waals surface area contributed by atoms with Gasteiger partial charge in [-0.05, 0) is 53.9 Å². The minimum atomic E-state index is -0.385. The van der Waals surface area contributed by atoms with E-state index < -0.39 is 0 Å². The Labute approximate surface area is 204 Å². The molecule has 8 nitrogen and oxygen atoms in total. The van der Waals surface area contributed by atoms with E-state index in [1.165, 1.54) is 29.2 Å². The Balaban J connectivity index is 1.37. The molecule has 0 spiro atoms. The number of rotatable bonds is 5. The standard InChI is InChI=1S/C26H20N4O4S/c31-20-9-7-17(23(32)14-20)12-22-25(34)30(19-4-2-1-3-5-19)26(29-22)35-15-24(33)28-18-8-6-16-10-11-27-21(16)13-18/h1-14,27,31-32H,15H2,(H,28,33)/b22-12-. The van der Waals surface area contributed by atoms with Crippen LogP contribution in [-0.2, 0) is 9.59 Å². The smallest absolute Gasteiger partial charge is 0.283 e. The van der Waals surface area contributed by atoms with Gasteiger partial charge in [-0.1, -0.05) is 36.0 Å². The van der Waals surface area contributed by atoms with Crippen molar-refractivity contribution in [2.75, 3.05) is 16.0 Å². The Kier molecular flexibility index (Phi) is 5.99. The third-order valence-corrected chi connectivity index (χ3v) is 6.26. The van der Waals surface area contributed by atoms with Gasteiger partial charge < -0.3 is 20.5 Å². The van der Waals surface area contributed by atoms with Crippen LogP contribution in [0.1, 0.15) is 5.56 Å². The zero-order valence-corrected chi connectivity index (χ0v) is 19.1. The molecule has 35 heavy (non-hydrogen) atoms. The second-order valence-corrected chi connectivity index (χ2v) is 8.70. The van der Waals surface area contributed by atoms with Crippen LogP contribution in [0, 0.1) is 0 Å². The predicted molar refractivity (Wildman–Crippen MR) is 138 cm³/mol. The van der Waals surface area contributed by atoms with Crippen molar-refractivity contribution in [2.45, 2.75) is 0 Å². The first-order valence-corrected chi connectivity index (χ1v) is 11.7. The molecule has 4 N–H and O–H groups in total. The molecule has 4 aromatic rings. The molecule has 3 aromatic carbocycles. The number of phenolic OH excluding ortho intramolecular Hbond substituents is 2. The maximum atomic E-state index is 13.2. The number of anilines is 2. The number of carbonyl (C=O) groups excluding carboxylic acids is 2. The molecule has 0 aliphatic carbocycles. The summed E-state index contributed by atoms with van der Waals surface area (Å²) in [6.45, 7) is 0. The van der Waals surface area contributed by atoms with Crippen molar-refractivity contribution in [2.24, 2.45) is 4.99 Å². The molecule has 174 valence electrons. The van der Waals surface area contributed by atoms with Gasteiger partial charge in [-0.2, -0.15) is 0 Å². The molecule has 1 aliphatic heterocycles. The van der Waals surface area contributed by atoms with Crippen molar-refractivity contribution in [1.29, 1.82) is 0 Å². The number of hydrogen-bond donors (Lipinski definition) is 4. The zero-order chi connectivity index (χ0) is 24.4. The number of para-hydroxylation sites is 1. The molecule has 0 saturated heterocycles. The van der Waals surface area contributed by atoms with Gasteiger partial charge in [0.05, 0.1) is 11.4 Å². The number of carbonyl (C=O) groups is 2. The number of amidine groups is 1. The first-order chi connectivity index (χ1) is 17.0. The Bertz CT molecular complexity index is 1490. The number of amides is 2. The monoisotopic (exact) mass is 484 g/mol. The topological polar surface area (TPSA) is 118 Å². The van der Waals surface area contributed by atoms with E-state index in [2.05, 4.69) is 15.3 Å². The lowest BCUT2D eigenvalue weighted by atomic mass is 10.1. The van der Waals surface area contributed by atoms with Crippen molar-refractivity contribution < 1.29 is 19.8 Å². The second kappa shape index (κ2) is 9.40. The van der Waals surface area contributed by atoms with Crippen molar-refractivity contribution in [1.82, 2.24) is 4.98 Å². The van der Waals surface area contributed by atoms with E-state index in [0.29, 0.717) is 22.1 Å². The number of nitrogens with one attached hydrogen (secondary N) is 2. The van der Waals surface area contributed by atoms with E-state index >= 15 is 0 Å². The number of aromatic hydroxyl groups is 2. The van der Waals surface area contributed by atoms with Gasteiger partial charge >= 0.3 is 0 Å². The molecule has 2 heterocycles. The second-order valence-electron chi connectivity index (χ2n) is 7.76. The van der Waals surface area contributed by atoms with Crippen molar-refractivity contribution >= 4 is 57.1 Å². The van der Waals surface area contributed by atoms with E-state index in [0.717, 1.165) is 22.7 Å². The fraction of sp³-hybridized carbons (Fsp3) is 0.0385. The lowest BCUT2D eigenvalue weighted by Gasteiger charge is -2.17. The summed E-state index contributed by atoms with van der Waals surface area (Å²) in [4.78, 5) is 34.9. The average Bonchev–Trinajstić information content (AvgIpc) is 3.44. The first kappa shape index (κ1) is 22.3. The number of phenols is 2. The summed E-state index contributed by atoms with van der Waals surface area (Å²) < 4.78 is 0. The Morgan fingerprint density at radius 2 is 1.89 bits per heavy atom. The van der Waals surface area contributed by atoms with E-state index in [-0.39, 0.29) is 34.8 Å². The Morgan fingerprint density at radius 1 is 1.06 bits per heavy atom. The van der Waals surface area contributed by atoms with Crippen LogP contribution in [0.4, 0.5) is 11.4 Å². The first-order valence-electron chi connectivity index (χ1n) is 10.7. The van der Waals surface area contributed by atoms with Crippen molar-refractivity contribution in [3.05, 3.63) is 90.3 Å². The lowest BCUT2D eigenvalue weighted by molar-refractivity contribution is -0.114. The third-order valence-electron chi connectivity index (χ3n) is 5.32. The minimum Gasteiger partial charge on any atom is -0.508 e. The average molecular weight is 485 g/mol. The third kappa shape index (κ3) is 4.75. The number of thioether (sulfide) groups is 1. The summed E-state index contributed by atoms with van der Waals surface area (Å²) in [5.74, 6) is -0.849. The van der Waals surface area contributed by atoms with Crippen LogP contribution >= 0.6 is 11.8 Å². The molecule has 0 fully saturated rings. The fourth-order valence-corrected chi connectivity index (χ4v) is 4.46. The van der Waals surface area contributed by atoms with E-state index in [4.69, 9.17) is 0 Å². The van der Waals surface area contributed by atoms with E-state index in [1.807, 2.05) is 48.7 Å². The molecule has 0 atom stereocenters. The highest BCUT2D eigenvalue weighted by atomic mass is 32.2. The molecule has 2 amide bonds. The Morgan fingerprint density at radius 3 is 2.69 bits per heavy atom. The highest BCUT2D eigenvalue weighted by Gasteiger charge is 2.32. The molecule has 0 saturated carbocycles. The van der Waals surface area contributed by atoms with Gasteiger partial charge in [0, 0.05) is 29.0 Å². The quantitative estimate of drug-likeness (QED) is 0.307. The summed E-state index contributed by atoms with van der Waals surface area (Å²) in [5, 5.41) is 23.9. The molecule has 1 aliphatic rings. The summed E-state index contributed by atoms with van der Waals surface area (Å²) in [7, 11) is 0. The van der Waals surface area contributed by atoms with Gasteiger partial charge in [0.1, 0.15) is 17.2 Å². The van der Waals surface area contributed by atoms with Crippen LogP contribution in [0.2, 0.25) is 0 Å². The number of aliphatic imine (C=N–C) groups is 1.